The van der Waals surface area contributed by atoms with E-state index in [0.29, 0.717) is 11.3 Å². The van der Waals surface area contributed by atoms with Crippen LogP contribution in [0, 0.1) is 24.0 Å². The van der Waals surface area contributed by atoms with E-state index in [4.69, 9.17) is 0 Å². The van der Waals surface area contributed by atoms with Gasteiger partial charge in [0.05, 0.1) is 21.1 Å². The number of hydrogen-bond acceptors (Lipinski definition) is 4. The first-order valence-corrected chi connectivity index (χ1v) is 8.56. The third-order valence-corrected chi connectivity index (χ3v) is 5.54. The molecule has 0 atom stereocenters. The minimum atomic E-state index is -3.78. The third kappa shape index (κ3) is 3.19. The van der Waals surface area contributed by atoms with Crippen LogP contribution in [0.25, 0.3) is 0 Å². The van der Waals surface area contributed by atoms with Crippen LogP contribution in [0.15, 0.2) is 47.4 Å². The molecular formula is C16H18N2O4S. The molecule has 23 heavy (non-hydrogen) atoms. The molecule has 0 heterocycles. The van der Waals surface area contributed by atoms with Crippen molar-refractivity contribution < 1.29 is 13.3 Å². The number of benzene rings is 2. The Labute approximate surface area is 135 Å². The molecule has 7 heteroatoms. The zero-order valence-corrected chi connectivity index (χ0v) is 14.0. The molecule has 0 aliphatic heterocycles. The van der Waals surface area contributed by atoms with Crippen LogP contribution in [0.2, 0.25) is 0 Å². The maximum absolute atomic E-state index is 12.9. The minimum Gasteiger partial charge on any atom is -0.266 e. The van der Waals surface area contributed by atoms with E-state index >= 15 is 0 Å². The second-order valence-electron chi connectivity index (χ2n) is 5.16. The van der Waals surface area contributed by atoms with Crippen LogP contribution in [0.4, 0.5) is 11.4 Å². The minimum absolute atomic E-state index is 0.0972. The maximum Gasteiger partial charge on any atom is 0.274 e. The second kappa shape index (κ2) is 6.37. The Bertz CT molecular complexity index is 830. The highest BCUT2D eigenvalue weighted by molar-refractivity contribution is 7.92. The Morgan fingerprint density at radius 1 is 1.09 bits per heavy atom. The fourth-order valence-electron chi connectivity index (χ4n) is 2.39. The molecule has 0 aromatic heterocycles. The molecule has 6 nitrogen and oxygen atoms in total. The summed E-state index contributed by atoms with van der Waals surface area (Å²) in [6.07, 6.45) is 0. The topological polar surface area (TPSA) is 80.5 Å². The van der Waals surface area contributed by atoms with Crippen molar-refractivity contribution in [3.63, 3.8) is 0 Å². The Morgan fingerprint density at radius 2 is 1.70 bits per heavy atom. The lowest BCUT2D eigenvalue weighted by Crippen LogP contribution is -2.31. The van der Waals surface area contributed by atoms with E-state index in [9.17, 15) is 18.5 Å². The zero-order chi connectivity index (χ0) is 17.2. The monoisotopic (exact) mass is 334 g/mol. The van der Waals surface area contributed by atoms with Gasteiger partial charge in [0, 0.05) is 12.6 Å². The highest BCUT2D eigenvalue weighted by Crippen LogP contribution is 2.31. The van der Waals surface area contributed by atoms with Crippen LogP contribution in [0.5, 0.6) is 0 Å². The van der Waals surface area contributed by atoms with Gasteiger partial charge in [0.2, 0.25) is 0 Å². The van der Waals surface area contributed by atoms with Crippen LogP contribution in [0.1, 0.15) is 18.1 Å². The smallest absolute Gasteiger partial charge is 0.266 e. The summed E-state index contributed by atoms with van der Waals surface area (Å²) in [6, 6.07) is 11.0. The van der Waals surface area contributed by atoms with Crippen molar-refractivity contribution in [3.05, 3.63) is 63.7 Å². The average molecular weight is 334 g/mol. The van der Waals surface area contributed by atoms with Gasteiger partial charge in [-0.2, -0.15) is 0 Å². The first-order valence-electron chi connectivity index (χ1n) is 7.12. The number of aryl methyl sites for hydroxylation is 1. The van der Waals surface area contributed by atoms with Crippen molar-refractivity contribution in [2.24, 2.45) is 0 Å². The zero-order valence-electron chi connectivity index (χ0n) is 13.2. The van der Waals surface area contributed by atoms with Gasteiger partial charge in [-0.3, -0.25) is 14.4 Å². The van der Waals surface area contributed by atoms with E-state index in [1.54, 1.807) is 44.2 Å². The summed E-state index contributed by atoms with van der Waals surface area (Å²) in [6.45, 7) is 5.31. The Morgan fingerprint density at radius 3 is 2.22 bits per heavy atom. The van der Waals surface area contributed by atoms with Gasteiger partial charge in [-0.05, 0) is 39.0 Å². The standard InChI is InChI=1S/C16H18N2O4S/c1-4-17(15-6-5-7-16(13(15)3)18(19)20)23(21,22)14-10-8-12(2)9-11-14/h5-11H,4H2,1-3H3. The molecule has 0 bridgehead atoms. The summed E-state index contributed by atoms with van der Waals surface area (Å²) >= 11 is 0. The van der Waals surface area contributed by atoms with E-state index in [1.165, 1.54) is 16.4 Å². The van der Waals surface area contributed by atoms with Gasteiger partial charge >= 0.3 is 0 Å². The van der Waals surface area contributed by atoms with Crippen LogP contribution in [0.3, 0.4) is 0 Å². The van der Waals surface area contributed by atoms with E-state index in [1.807, 2.05) is 6.92 Å². The Kier molecular flexibility index (Phi) is 4.70. The largest absolute Gasteiger partial charge is 0.274 e. The van der Waals surface area contributed by atoms with Crippen molar-refractivity contribution in [2.75, 3.05) is 10.8 Å². The lowest BCUT2D eigenvalue weighted by atomic mass is 10.1. The molecule has 0 aliphatic rings. The first-order chi connectivity index (χ1) is 10.8. The molecular weight excluding hydrogens is 316 g/mol. The van der Waals surface area contributed by atoms with E-state index < -0.39 is 14.9 Å². The van der Waals surface area contributed by atoms with Crippen molar-refractivity contribution in [1.29, 1.82) is 0 Å². The molecule has 2 aromatic rings. The van der Waals surface area contributed by atoms with E-state index in [2.05, 4.69) is 0 Å². The van der Waals surface area contributed by atoms with Gasteiger partial charge in [0.1, 0.15) is 0 Å². The van der Waals surface area contributed by atoms with Crippen LogP contribution in [-0.2, 0) is 10.0 Å². The van der Waals surface area contributed by atoms with E-state index in [0.717, 1.165) is 5.56 Å². The highest BCUT2D eigenvalue weighted by Gasteiger charge is 2.27. The molecule has 0 fully saturated rings. The fraction of sp³-hybridized carbons (Fsp3) is 0.250. The summed E-state index contributed by atoms with van der Waals surface area (Å²) in [4.78, 5) is 10.7. The Balaban J connectivity index is 2.58. The predicted molar refractivity (Wildman–Crippen MR) is 89.2 cm³/mol. The molecule has 0 spiro atoms. The normalized spacial score (nSPS) is 11.3. The van der Waals surface area contributed by atoms with Gasteiger partial charge in [-0.25, -0.2) is 8.42 Å². The van der Waals surface area contributed by atoms with Gasteiger partial charge < -0.3 is 0 Å². The number of nitrogens with zero attached hydrogens (tertiary/aromatic N) is 2. The summed E-state index contributed by atoms with van der Waals surface area (Å²) < 4.78 is 26.9. The lowest BCUT2D eigenvalue weighted by molar-refractivity contribution is -0.385. The predicted octanol–water partition coefficient (Wildman–Crippen LogP) is 3.43. The highest BCUT2D eigenvalue weighted by atomic mass is 32.2. The maximum atomic E-state index is 12.9. The number of nitro benzene ring substituents is 1. The molecule has 2 aromatic carbocycles. The van der Waals surface area contributed by atoms with E-state index in [-0.39, 0.29) is 17.1 Å². The SMILES string of the molecule is CCN(c1cccc([N+](=O)[O-])c1C)S(=O)(=O)c1ccc(C)cc1. The van der Waals surface area contributed by atoms with Crippen molar-refractivity contribution in [3.8, 4) is 0 Å². The summed E-state index contributed by atoms with van der Waals surface area (Å²) in [5.41, 5.74) is 1.51. The van der Waals surface area contributed by atoms with Crippen molar-refractivity contribution >= 4 is 21.4 Å². The first kappa shape index (κ1) is 17.0. The molecule has 0 aliphatic carbocycles. The molecule has 0 unspecified atom stereocenters. The number of anilines is 1. The van der Waals surface area contributed by atoms with Gasteiger partial charge in [-0.15, -0.1) is 0 Å². The average Bonchev–Trinajstić information content (AvgIpc) is 2.49. The summed E-state index contributed by atoms with van der Waals surface area (Å²) in [5.74, 6) is 0. The molecule has 2 rings (SSSR count). The van der Waals surface area contributed by atoms with Crippen LogP contribution in [-0.4, -0.2) is 19.9 Å². The Hall–Kier alpha value is -2.41. The van der Waals surface area contributed by atoms with Gasteiger partial charge in [0.15, 0.2) is 0 Å². The van der Waals surface area contributed by atoms with Crippen molar-refractivity contribution in [2.45, 2.75) is 25.7 Å². The summed E-state index contributed by atoms with van der Waals surface area (Å²) in [5, 5.41) is 11.1. The number of nitro groups is 1. The molecule has 0 N–H and O–H groups in total. The second-order valence-corrected chi connectivity index (χ2v) is 7.02. The number of rotatable bonds is 5. The van der Waals surface area contributed by atoms with Crippen molar-refractivity contribution in [1.82, 2.24) is 0 Å². The fourth-order valence-corrected chi connectivity index (χ4v) is 3.92. The van der Waals surface area contributed by atoms with Gasteiger partial charge in [-0.1, -0.05) is 23.8 Å². The molecule has 0 radical (unpaired) electrons. The number of sulfonamides is 1. The van der Waals surface area contributed by atoms with Gasteiger partial charge in [0.25, 0.3) is 15.7 Å². The molecule has 0 amide bonds. The lowest BCUT2D eigenvalue weighted by Gasteiger charge is -2.24. The third-order valence-electron chi connectivity index (χ3n) is 3.64. The van der Waals surface area contributed by atoms with Crippen LogP contribution < -0.4 is 4.31 Å². The summed E-state index contributed by atoms with van der Waals surface area (Å²) in [7, 11) is -3.78. The van der Waals surface area contributed by atoms with Crippen LogP contribution >= 0.6 is 0 Å². The quantitative estimate of drug-likeness (QED) is 0.620. The molecule has 0 saturated heterocycles. The molecule has 0 saturated carbocycles. The molecule has 122 valence electrons. The number of hydrogen-bond donors (Lipinski definition) is 0.